The normalized spacial score (nSPS) is 14.0. The number of hydrogen-bond acceptors (Lipinski definition) is 10. The molecule has 5 heterocycles. The summed E-state index contributed by atoms with van der Waals surface area (Å²) in [5.41, 5.74) is 6.29. The minimum Gasteiger partial charge on any atom is -0.444 e. The average molecular weight is 720 g/mol. The third kappa shape index (κ3) is 14.5. The molecule has 0 unspecified atom stereocenters. The van der Waals surface area contributed by atoms with Gasteiger partial charge in [-0.25, -0.2) is 24.5 Å². The van der Waals surface area contributed by atoms with Crippen LogP contribution in [0.5, 0.6) is 0 Å². The zero-order valence-corrected chi connectivity index (χ0v) is 30.1. The summed E-state index contributed by atoms with van der Waals surface area (Å²) in [5.74, 6) is 1.42. The SMILES string of the molecule is CC(C)(C)OC(=O)Nc1ccnc(Cl)c1.CC(C)(C)OC(=O)Nc1ccnc(N2CCCC2=O)c1.Cl.Nc1ccnc(N2CCCC2=O)c1. The van der Waals surface area contributed by atoms with Gasteiger partial charge in [0, 0.05) is 73.7 Å². The summed E-state index contributed by atoms with van der Waals surface area (Å²) in [6.45, 7) is 12.2. The molecule has 2 aliphatic heterocycles. The van der Waals surface area contributed by atoms with Crippen molar-refractivity contribution in [2.45, 2.75) is 78.4 Å². The molecule has 266 valence electrons. The lowest BCUT2D eigenvalue weighted by Gasteiger charge is -2.20. The quantitative estimate of drug-likeness (QED) is 0.241. The molecule has 2 aliphatic rings. The van der Waals surface area contributed by atoms with Crippen molar-refractivity contribution >= 4 is 76.7 Å². The zero-order valence-electron chi connectivity index (χ0n) is 28.5. The molecule has 0 bridgehead atoms. The first-order valence-electron chi connectivity index (χ1n) is 15.4. The van der Waals surface area contributed by atoms with Gasteiger partial charge in [0.05, 0.1) is 0 Å². The van der Waals surface area contributed by atoms with Crippen molar-refractivity contribution < 1.29 is 28.7 Å². The number of carbonyl (C=O) groups excluding carboxylic acids is 4. The van der Waals surface area contributed by atoms with E-state index in [0.717, 1.165) is 19.4 Å². The first-order chi connectivity index (χ1) is 22.5. The Kier molecular flexibility index (Phi) is 15.0. The molecular weight excluding hydrogens is 675 g/mol. The van der Waals surface area contributed by atoms with Gasteiger partial charge in [-0.15, -0.1) is 12.4 Å². The molecule has 0 radical (unpaired) electrons. The predicted molar refractivity (Wildman–Crippen MR) is 192 cm³/mol. The summed E-state index contributed by atoms with van der Waals surface area (Å²) in [7, 11) is 0. The smallest absolute Gasteiger partial charge is 0.412 e. The Morgan fingerprint density at radius 3 is 1.57 bits per heavy atom. The molecule has 0 spiro atoms. The zero-order chi connectivity index (χ0) is 35.5. The van der Waals surface area contributed by atoms with Gasteiger partial charge >= 0.3 is 12.2 Å². The van der Waals surface area contributed by atoms with Gasteiger partial charge in [-0.05, 0) is 78.6 Å². The van der Waals surface area contributed by atoms with Crippen LogP contribution in [0.25, 0.3) is 0 Å². The van der Waals surface area contributed by atoms with Gasteiger partial charge in [0.2, 0.25) is 11.8 Å². The minimum atomic E-state index is -0.551. The van der Waals surface area contributed by atoms with Gasteiger partial charge in [-0.2, -0.15) is 0 Å². The van der Waals surface area contributed by atoms with E-state index in [-0.39, 0.29) is 24.2 Å². The van der Waals surface area contributed by atoms with Crippen LogP contribution in [0.4, 0.5) is 38.3 Å². The fraction of sp³-hybridized carbons (Fsp3) is 0.424. The first kappa shape index (κ1) is 40.5. The maximum Gasteiger partial charge on any atom is 0.412 e. The number of carbonyl (C=O) groups is 4. The van der Waals surface area contributed by atoms with E-state index in [2.05, 4.69) is 25.6 Å². The number of hydrogen-bond donors (Lipinski definition) is 3. The summed E-state index contributed by atoms with van der Waals surface area (Å²) in [5, 5.41) is 5.51. The number of nitrogens with zero attached hydrogens (tertiary/aromatic N) is 5. The van der Waals surface area contributed by atoms with E-state index in [4.69, 9.17) is 26.8 Å². The molecule has 0 aromatic carbocycles. The van der Waals surface area contributed by atoms with Crippen molar-refractivity contribution in [1.29, 1.82) is 0 Å². The highest BCUT2D eigenvalue weighted by atomic mass is 35.5. The second kappa shape index (κ2) is 18.2. The van der Waals surface area contributed by atoms with Crippen LogP contribution < -0.4 is 26.2 Å². The Morgan fingerprint density at radius 1 is 0.735 bits per heavy atom. The minimum absolute atomic E-state index is 0. The van der Waals surface area contributed by atoms with Gasteiger partial charge in [-0.3, -0.25) is 30.0 Å². The summed E-state index contributed by atoms with van der Waals surface area (Å²) in [4.78, 5) is 61.4. The van der Waals surface area contributed by atoms with E-state index >= 15 is 0 Å². The number of nitrogens with one attached hydrogen (secondary N) is 2. The largest absolute Gasteiger partial charge is 0.444 e. The number of rotatable bonds is 4. The number of anilines is 5. The second-order valence-electron chi connectivity index (χ2n) is 12.8. The summed E-state index contributed by atoms with van der Waals surface area (Å²) < 4.78 is 10.2. The Morgan fingerprint density at radius 2 is 1.16 bits per heavy atom. The second-order valence-corrected chi connectivity index (χ2v) is 13.2. The summed E-state index contributed by atoms with van der Waals surface area (Å²) >= 11 is 5.66. The van der Waals surface area contributed by atoms with Gasteiger partial charge < -0.3 is 15.2 Å². The van der Waals surface area contributed by atoms with Gasteiger partial charge in [0.25, 0.3) is 0 Å². The molecule has 0 aliphatic carbocycles. The van der Waals surface area contributed by atoms with Crippen LogP contribution in [0.15, 0.2) is 55.0 Å². The monoisotopic (exact) mass is 718 g/mol. The van der Waals surface area contributed by atoms with Crippen LogP contribution in [-0.2, 0) is 19.1 Å². The lowest BCUT2D eigenvalue weighted by atomic mass is 10.2. The Labute approximate surface area is 297 Å². The molecule has 16 heteroatoms. The van der Waals surface area contributed by atoms with Crippen molar-refractivity contribution in [2.75, 3.05) is 39.3 Å². The number of nitrogen functional groups attached to an aromatic ring is 1. The highest BCUT2D eigenvalue weighted by molar-refractivity contribution is 6.29. The van der Waals surface area contributed by atoms with Gasteiger partial charge in [0.1, 0.15) is 28.0 Å². The number of aromatic nitrogens is 3. The van der Waals surface area contributed by atoms with E-state index in [9.17, 15) is 19.2 Å². The summed E-state index contributed by atoms with van der Waals surface area (Å²) in [6.07, 6.45) is 6.58. The van der Waals surface area contributed by atoms with E-state index < -0.39 is 23.4 Å². The molecule has 2 fully saturated rings. The van der Waals surface area contributed by atoms with E-state index in [1.807, 2.05) is 0 Å². The number of amides is 4. The van der Waals surface area contributed by atoms with Crippen molar-refractivity contribution in [3.63, 3.8) is 0 Å². The van der Waals surface area contributed by atoms with Crippen molar-refractivity contribution in [3.8, 4) is 0 Å². The van der Waals surface area contributed by atoms with Crippen LogP contribution in [0.1, 0.15) is 67.2 Å². The van der Waals surface area contributed by atoms with Crippen LogP contribution in [-0.4, -0.2) is 63.2 Å². The maximum atomic E-state index is 11.7. The number of halogens is 2. The topological polar surface area (TPSA) is 182 Å². The molecule has 2 saturated heterocycles. The maximum absolute atomic E-state index is 11.7. The standard InChI is InChI=1S/C14H19N3O3.C10H13ClN2O2.C9H11N3O.ClH/c1-14(2,3)20-13(19)16-10-6-7-15-11(9-10)17-8-4-5-12(17)18;1-10(2,3)15-9(14)13-7-4-5-12-8(11)6-7;10-7-3-4-11-8(6-7)12-5-1-2-9(12)13;/h6-7,9H,4-5,8H2,1-3H3,(H,15,16,19);4-6H,1-3H3,(H,12,13,14);3-4,6H,1-2,5H2,(H2,10,11);1H. The number of ether oxygens (including phenoxy) is 2. The number of nitrogens with two attached hydrogens (primary N) is 1. The van der Waals surface area contributed by atoms with E-state index in [0.29, 0.717) is 53.2 Å². The van der Waals surface area contributed by atoms with E-state index in [1.165, 1.54) is 6.20 Å². The van der Waals surface area contributed by atoms with Crippen LogP contribution in [0.3, 0.4) is 0 Å². The van der Waals surface area contributed by atoms with Crippen molar-refractivity contribution in [1.82, 2.24) is 15.0 Å². The predicted octanol–water partition coefficient (Wildman–Crippen LogP) is 6.85. The lowest BCUT2D eigenvalue weighted by Crippen LogP contribution is -2.27. The lowest BCUT2D eigenvalue weighted by molar-refractivity contribution is -0.117. The van der Waals surface area contributed by atoms with Gasteiger partial charge in [-0.1, -0.05) is 11.6 Å². The van der Waals surface area contributed by atoms with Crippen molar-refractivity contribution in [3.05, 3.63) is 60.1 Å². The molecule has 0 saturated carbocycles. The molecule has 5 rings (SSSR count). The molecule has 4 N–H and O–H groups in total. The van der Waals surface area contributed by atoms with Crippen LogP contribution in [0, 0.1) is 0 Å². The summed E-state index contributed by atoms with van der Waals surface area (Å²) in [6, 6.07) is 9.95. The molecular formula is C33H44Cl2N8O6. The van der Waals surface area contributed by atoms with Gasteiger partial charge in [0.15, 0.2) is 0 Å². The molecule has 3 aromatic heterocycles. The third-order valence-corrected chi connectivity index (χ3v) is 6.44. The highest BCUT2D eigenvalue weighted by Gasteiger charge is 2.24. The average Bonchev–Trinajstić information content (AvgIpc) is 3.59. The first-order valence-corrected chi connectivity index (χ1v) is 15.8. The van der Waals surface area contributed by atoms with E-state index in [1.54, 1.807) is 100 Å². The third-order valence-electron chi connectivity index (χ3n) is 6.23. The Bertz CT molecular complexity index is 1600. The molecule has 14 nitrogen and oxygen atoms in total. The Hall–Kier alpha value is -4.69. The highest BCUT2D eigenvalue weighted by Crippen LogP contribution is 2.23. The fourth-order valence-corrected chi connectivity index (χ4v) is 4.50. The molecule has 49 heavy (non-hydrogen) atoms. The van der Waals surface area contributed by atoms with Crippen molar-refractivity contribution in [2.24, 2.45) is 0 Å². The fourth-order valence-electron chi connectivity index (χ4n) is 4.33. The number of pyridine rings is 3. The van der Waals surface area contributed by atoms with Crippen LogP contribution in [0.2, 0.25) is 5.15 Å². The molecule has 0 atom stereocenters. The Balaban J connectivity index is 0.000000259. The molecule has 4 amide bonds. The molecule has 3 aromatic rings. The van der Waals surface area contributed by atoms with Crippen LogP contribution >= 0.6 is 24.0 Å².